The van der Waals surface area contributed by atoms with Gasteiger partial charge >= 0.3 is 0 Å². The first kappa shape index (κ1) is 76.4. The Bertz CT molecular complexity index is 7710. The number of anilines is 6. The molecule has 21 aromatic rings. The van der Waals surface area contributed by atoms with Crippen LogP contribution in [0.15, 0.2) is 522 Å². The number of fused-ring (bicyclic) bond motifs is 7. The molecular weight excluding hydrogens is 1540 g/mol. The Morgan fingerprint density at radius 3 is 0.875 bits per heavy atom. The van der Waals surface area contributed by atoms with E-state index in [9.17, 15) is 0 Å². The van der Waals surface area contributed by atoms with Crippen LogP contribution in [-0.2, 0) is 10.8 Å². The highest BCUT2D eigenvalue weighted by atomic mass is 15.2. The highest BCUT2D eigenvalue weighted by Crippen LogP contribution is 2.63. The normalized spacial score (nSPS) is 13.2. The third-order valence-corrected chi connectivity index (χ3v) is 26.7. The molecular formula is C126H86N2. The fourth-order valence-corrected chi connectivity index (χ4v) is 21.1. The van der Waals surface area contributed by atoms with Crippen molar-refractivity contribution in [1.82, 2.24) is 0 Å². The molecule has 0 saturated carbocycles. The lowest BCUT2D eigenvalue weighted by Crippen LogP contribution is -2.28. The van der Waals surface area contributed by atoms with Crippen LogP contribution in [0.4, 0.5) is 34.1 Å². The van der Waals surface area contributed by atoms with Gasteiger partial charge in [-0.3, -0.25) is 0 Å². The Morgan fingerprint density at radius 1 is 0.133 bits per heavy atom. The van der Waals surface area contributed by atoms with Crippen LogP contribution in [0.5, 0.6) is 0 Å². The SMILES string of the molecule is c1ccc(-c2cccc(N(c3ccccc3-c3ccccc3-c3ccccc3-c3ccccc3)c3cccc4c3-c3ccccc3C4(c3ccccc3)c3ccc(-c4cccc(-c5ccccc5-c5ccccc5-c5ccccc5N(c5cccc(-c6ccc7ccccc7c6)c5)c5cccc6c5-c5ccccc5C6(c5ccccc5)c5ccccc5)c4)cc3)c2)cc1. The number of rotatable bonds is 19. The zero-order valence-electron chi connectivity index (χ0n) is 70.5. The Balaban J connectivity index is 0.647. The zero-order chi connectivity index (χ0) is 84.9. The Labute approximate surface area is 748 Å². The Morgan fingerprint density at radius 2 is 0.406 bits per heavy atom. The van der Waals surface area contributed by atoms with Crippen LogP contribution in [0.1, 0.15) is 44.5 Å². The van der Waals surface area contributed by atoms with Gasteiger partial charge < -0.3 is 9.80 Å². The molecule has 0 amide bonds. The van der Waals surface area contributed by atoms with Crippen LogP contribution in [0.2, 0.25) is 0 Å². The summed E-state index contributed by atoms with van der Waals surface area (Å²) in [6, 6.07) is 194. The van der Waals surface area contributed by atoms with Crippen molar-refractivity contribution in [2.45, 2.75) is 10.8 Å². The largest absolute Gasteiger partial charge is 0.309 e. The van der Waals surface area contributed by atoms with Crippen LogP contribution in [0, 0.1) is 0 Å². The minimum atomic E-state index is -0.735. The number of para-hydroxylation sites is 2. The predicted octanol–water partition coefficient (Wildman–Crippen LogP) is 33.5. The molecule has 0 fully saturated rings. The average molecular weight is 1630 g/mol. The van der Waals surface area contributed by atoms with E-state index >= 15 is 0 Å². The Hall–Kier alpha value is -16.5. The average Bonchev–Trinajstić information content (AvgIpc) is 1.41. The molecule has 0 spiro atoms. The molecule has 2 aliphatic rings. The van der Waals surface area contributed by atoms with Gasteiger partial charge in [0.1, 0.15) is 0 Å². The minimum Gasteiger partial charge on any atom is -0.309 e. The van der Waals surface area contributed by atoms with Crippen LogP contribution < -0.4 is 9.80 Å². The summed E-state index contributed by atoms with van der Waals surface area (Å²) in [6.07, 6.45) is 0. The molecule has 0 heterocycles. The molecule has 2 nitrogen and oxygen atoms in total. The summed E-state index contributed by atoms with van der Waals surface area (Å²) in [5, 5.41) is 2.43. The van der Waals surface area contributed by atoms with E-state index in [2.05, 4.69) is 532 Å². The molecule has 23 rings (SSSR count). The maximum atomic E-state index is 2.55. The summed E-state index contributed by atoms with van der Waals surface area (Å²) in [6.45, 7) is 0. The number of hydrogen-bond donors (Lipinski definition) is 0. The fraction of sp³-hybridized carbons (Fsp3) is 0.0159. The van der Waals surface area contributed by atoms with Crippen molar-refractivity contribution >= 4 is 44.9 Å². The van der Waals surface area contributed by atoms with Gasteiger partial charge in [0.25, 0.3) is 0 Å². The molecule has 0 aliphatic heterocycles. The molecule has 600 valence electrons. The first-order valence-electron chi connectivity index (χ1n) is 44.4. The van der Waals surface area contributed by atoms with Crippen LogP contribution in [0.3, 0.4) is 0 Å². The van der Waals surface area contributed by atoms with E-state index in [1.807, 2.05) is 0 Å². The second-order valence-corrected chi connectivity index (χ2v) is 33.5. The van der Waals surface area contributed by atoms with Gasteiger partial charge in [0, 0.05) is 33.6 Å². The van der Waals surface area contributed by atoms with Gasteiger partial charge in [-0.15, -0.1) is 0 Å². The molecule has 0 saturated heterocycles. The van der Waals surface area contributed by atoms with E-state index in [-0.39, 0.29) is 0 Å². The smallest absolute Gasteiger partial charge is 0.0714 e. The topological polar surface area (TPSA) is 6.48 Å². The fourth-order valence-electron chi connectivity index (χ4n) is 21.1. The standard InChI is InChI=1S/C126H86N2/c1-6-39-87(40-7-1)93-46-35-55-101(85-93)127(119-73-32-28-65-111(119)109-63-24-22-61-107(109)105-59-20-18-57-103(105)90-42-8-2-9-43-90)122-76-38-72-118-124(122)114-68-27-31-70-116(114)126(118,99-53-14-5-15-54-99)100-81-79-89(80-82-100)92-45-34-48-96(84-92)104-58-19-21-60-106(104)108-62-23-25-64-110(108)112-66-29-33-74-120(112)128(102-56-36-47-94(86-102)95-78-77-88-41-16-17-44-91(88)83-95)121-75-37-71-117-123(121)113-67-26-30-69-115(113)125(117,97-49-10-3-11-50-97)98-51-12-4-13-52-98/h1-86H. The first-order chi connectivity index (χ1) is 63.5. The van der Waals surface area contributed by atoms with Gasteiger partial charge in [-0.25, -0.2) is 0 Å². The predicted molar refractivity (Wildman–Crippen MR) is 537 cm³/mol. The van der Waals surface area contributed by atoms with Gasteiger partial charge in [0.15, 0.2) is 0 Å². The monoisotopic (exact) mass is 1630 g/mol. The quantitative estimate of drug-likeness (QED) is 0.0796. The highest BCUT2D eigenvalue weighted by Gasteiger charge is 2.50. The lowest BCUT2D eigenvalue weighted by Gasteiger charge is -2.35. The maximum Gasteiger partial charge on any atom is 0.0714 e. The molecule has 0 N–H and O–H groups in total. The van der Waals surface area contributed by atoms with E-state index in [4.69, 9.17) is 0 Å². The van der Waals surface area contributed by atoms with E-state index in [1.165, 1.54) is 94.2 Å². The third-order valence-electron chi connectivity index (χ3n) is 26.7. The van der Waals surface area contributed by atoms with Gasteiger partial charge in [-0.05, 0) is 216 Å². The van der Waals surface area contributed by atoms with Gasteiger partial charge in [-0.2, -0.15) is 0 Å². The molecule has 1 atom stereocenters. The van der Waals surface area contributed by atoms with Crippen molar-refractivity contribution < 1.29 is 0 Å². The summed E-state index contributed by atoms with van der Waals surface area (Å²) in [4.78, 5) is 5.10. The van der Waals surface area contributed by atoms with Crippen molar-refractivity contribution in [1.29, 1.82) is 0 Å². The van der Waals surface area contributed by atoms with Crippen molar-refractivity contribution in [3.63, 3.8) is 0 Å². The molecule has 0 radical (unpaired) electrons. The molecule has 2 heteroatoms. The number of nitrogens with zero attached hydrogens (tertiary/aromatic N) is 2. The summed E-state index contributed by atoms with van der Waals surface area (Å²) in [7, 11) is 0. The molecule has 2 aliphatic carbocycles. The summed E-state index contributed by atoms with van der Waals surface area (Å²) in [5.41, 5.74) is 40.3. The van der Waals surface area contributed by atoms with E-state index in [0.29, 0.717) is 0 Å². The number of hydrogen-bond acceptors (Lipinski definition) is 2. The van der Waals surface area contributed by atoms with E-state index < -0.39 is 10.8 Å². The lowest BCUT2D eigenvalue weighted by atomic mass is 9.67. The summed E-state index contributed by atoms with van der Waals surface area (Å²) < 4.78 is 0. The Kier molecular flexibility index (Phi) is 19.5. The highest BCUT2D eigenvalue weighted by molar-refractivity contribution is 6.06. The first-order valence-corrected chi connectivity index (χ1v) is 44.4. The van der Waals surface area contributed by atoms with Gasteiger partial charge in [-0.1, -0.05) is 461 Å². The molecule has 1 unspecified atom stereocenters. The van der Waals surface area contributed by atoms with Gasteiger partial charge in [0.2, 0.25) is 0 Å². The van der Waals surface area contributed by atoms with Crippen molar-refractivity contribution in [2.24, 2.45) is 0 Å². The molecule has 128 heavy (non-hydrogen) atoms. The zero-order valence-corrected chi connectivity index (χ0v) is 70.5. The lowest BCUT2D eigenvalue weighted by molar-refractivity contribution is 0.768. The van der Waals surface area contributed by atoms with E-state index in [1.54, 1.807) is 0 Å². The van der Waals surface area contributed by atoms with Gasteiger partial charge in [0.05, 0.1) is 33.6 Å². The van der Waals surface area contributed by atoms with Crippen molar-refractivity contribution in [3.8, 4) is 122 Å². The van der Waals surface area contributed by atoms with E-state index in [0.717, 1.165) is 118 Å². The maximum absolute atomic E-state index is 2.55. The van der Waals surface area contributed by atoms with Crippen molar-refractivity contribution in [2.75, 3.05) is 9.80 Å². The van der Waals surface area contributed by atoms with Crippen LogP contribution >= 0.6 is 0 Å². The molecule has 0 aromatic heterocycles. The summed E-state index contributed by atoms with van der Waals surface area (Å²) >= 11 is 0. The van der Waals surface area contributed by atoms with Crippen LogP contribution in [0.25, 0.3) is 133 Å². The molecule has 0 bridgehead atoms. The minimum absolute atomic E-state index is 0.614. The number of benzene rings is 21. The van der Waals surface area contributed by atoms with Crippen LogP contribution in [-0.4, -0.2) is 0 Å². The molecule has 21 aromatic carbocycles. The summed E-state index contributed by atoms with van der Waals surface area (Å²) in [5.74, 6) is 0. The third kappa shape index (κ3) is 12.9. The second-order valence-electron chi connectivity index (χ2n) is 33.5. The van der Waals surface area contributed by atoms with Crippen molar-refractivity contribution in [3.05, 3.63) is 566 Å². The second kappa shape index (κ2) is 32.6.